The van der Waals surface area contributed by atoms with Gasteiger partial charge in [-0.15, -0.1) is 16.1 Å². The van der Waals surface area contributed by atoms with Gasteiger partial charge in [0.25, 0.3) is 0 Å². The lowest BCUT2D eigenvalue weighted by atomic mass is 9.99. The molecule has 154 valence electrons. The second kappa shape index (κ2) is 10.3. The number of rotatable bonds is 8. The van der Waals surface area contributed by atoms with Crippen LogP contribution in [-0.2, 0) is 20.8 Å². The van der Waals surface area contributed by atoms with Crippen molar-refractivity contribution < 1.29 is 23.6 Å². The standard InChI is InChI=1S/C17H29N3O5S2/c1-10(2)11(20-27(23)17(3,4)5)8-13(25-16(22)18-6)14-19-12(9-26-14)15(21)24-7/h9-11,13,20H,8H2,1-7H3,(H,18,22)/t11-,13-,27+/m1/s1. The van der Waals surface area contributed by atoms with Crippen molar-refractivity contribution in [1.82, 2.24) is 15.0 Å². The molecule has 0 aliphatic rings. The van der Waals surface area contributed by atoms with E-state index in [4.69, 9.17) is 4.74 Å². The van der Waals surface area contributed by atoms with Gasteiger partial charge >= 0.3 is 12.1 Å². The number of carbonyl (C=O) groups is 2. The fourth-order valence-electron chi connectivity index (χ4n) is 2.02. The summed E-state index contributed by atoms with van der Waals surface area (Å²) in [6, 6.07) is -0.190. The second-order valence-electron chi connectivity index (χ2n) is 7.29. The van der Waals surface area contributed by atoms with Crippen molar-refractivity contribution in [2.75, 3.05) is 14.2 Å². The number of nitrogens with zero attached hydrogens (tertiary/aromatic N) is 1. The van der Waals surface area contributed by atoms with E-state index in [9.17, 15) is 14.1 Å². The highest BCUT2D eigenvalue weighted by Gasteiger charge is 2.33. The third-order valence-corrected chi connectivity index (χ3v) is 6.30. The molecule has 0 aliphatic carbocycles. The van der Waals surface area contributed by atoms with E-state index in [2.05, 4.69) is 19.8 Å². The molecule has 0 aliphatic heterocycles. The summed E-state index contributed by atoms with van der Waals surface area (Å²) in [5.41, 5.74) is 0.162. The van der Waals surface area contributed by atoms with Crippen molar-refractivity contribution in [2.24, 2.45) is 5.92 Å². The minimum Gasteiger partial charge on any atom is -0.598 e. The zero-order valence-electron chi connectivity index (χ0n) is 16.8. The van der Waals surface area contributed by atoms with Crippen molar-refractivity contribution in [3.8, 4) is 0 Å². The third-order valence-electron chi connectivity index (χ3n) is 3.73. The van der Waals surface area contributed by atoms with Crippen LogP contribution in [0.3, 0.4) is 0 Å². The number of hydrogen-bond acceptors (Lipinski definition) is 8. The smallest absolute Gasteiger partial charge is 0.407 e. The number of aromatic nitrogens is 1. The molecule has 1 heterocycles. The number of methoxy groups -OCH3 is 1. The maximum absolute atomic E-state index is 12.5. The molecule has 1 aromatic heterocycles. The maximum atomic E-state index is 12.5. The molecule has 0 saturated carbocycles. The molecule has 10 heteroatoms. The number of thiazole rings is 1. The van der Waals surface area contributed by atoms with Gasteiger partial charge in [-0.3, -0.25) is 0 Å². The molecule has 0 spiro atoms. The highest BCUT2D eigenvalue weighted by molar-refractivity contribution is 7.90. The van der Waals surface area contributed by atoms with E-state index in [1.165, 1.54) is 25.5 Å². The fourth-order valence-corrected chi connectivity index (χ4v) is 3.85. The Bertz CT molecular complexity index is 630. The number of carbonyl (C=O) groups excluding carboxylic acids is 2. The minimum absolute atomic E-state index is 0.132. The summed E-state index contributed by atoms with van der Waals surface area (Å²) in [4.78, 5) is 27.7. The summed E-state index contributed by atoms with van der Waals surface area (Å²) < 4.78 is 25.4. The number of alkyl carbamates (subject to hydrolysis) is 1. The van der Waals surface area contributed by atoms with Gasteiger partial charge in [0.05, 0.1) is 13.2 Å². The summed E-state index contributed by atoms with van der Waals surface area (Å²) in [6.07, 6.45) is -0.930. The van der Waals surface area contributed by atoms with Crippen LogP contribution in [0.15, 0.2) is 5.38 Å². The predicted octanol–water partition coefficient (Wildman–Crippen LogP) is 2.79. The molecule has 0 radical (unpaired) electrons. The summed E-state index contributed by atoms with van der Waals surface area (Å²) in [5, 5.41) is 4.46. The third kappa shape index (κ3) is 7.28. The molecule has 0 aromatic carbocycles. The van der Waals surface area contributed by atoms with Gasteiger partial charge in [-0.2, -0.15) is 0 Å². The molecular formula is C17H29N3O5S2. The molecule has 1 rings (SSSR count). The van der Waals surface area contributed by atoms with Crippen LogP contribution in [0.5, 0.6) is 0 Å². The number of esters is 1. The first kappa shape index (κ1) is 23.7. The molecular weight excluding hydrogens is 390 g/mol. The predicted molar refractivity (Wildman–Crippen MR) is 106 cm³/mol. The van der Waals surface area contributed by atoms with Crippen LogP contribution in [0.4, 0.5) is 4.79 Å². The van der Waals surface area contributed by atoms with E-state index in [0.717, 1.165) is 0 Å². The van der Waals surface area contributed by atoms with Gasteiger partial charge in [-0.1, -0.05) is 13.8 Å². The lowest BCUT2D eigenvalue weighted by molar-refractivity contribution is 0.0593. The normalized spacial score (nSPS) is 15.1. The van der Waals surface area contributed by atoms with E-state index < -0.39 is 34.3 Å². The van der Waals surface area contributed by atoms with Gasteiger partial charge in [0.2, 0.25) is 0 Å². The Morgan fingerprint density at radius 2 is 2.00 bits per heavy atom. The van der Waals surface area contributed by atoms with Gasteiger partial charge in [0, 0.05) is 30.2 Å². The Balaban J connectivity index is 3.05. The first-order chi connectivity index (χ1) is 12.5. The van der Waals surface area contributed by atoms with Gasteiger partial charge in [0.15, 0.2) is 11.8 Å². The Morgan fingerprint density at radius 1 is 1.37 bits per heavy atom. The van der Waals surface area contributed by atoms with Crippen LogP contribution in [-0.4, -0.2) is 46.5 Å². The largest absolute Gasteiger partial charge is 0.598 e. The Hall–Kier alpha value is -1.36. The van der Waals surface area contributed by atoms with Gasteiger partial charge in [-0.05, 0) is 26.7 Å². The number of nitrogens with one attached hydrogen (secondary N) is 2. The first-order valence-corrected chi connectivity index (χ1v) is 10.6. The highest BCUT2D eigenvalue weighted by atomic mass is 32.2. The van der Waals surface area contributed by atoms with Crippen LogP contribution < -0.4 is 10.0 Å². The molecule has 2 N–H and O–H groups in total. The molecule has 3 atom stereocenters. The molecule has 0 saturated heterocycles. The average Bonchev–Trinajstić information content (AvgIpc) is 3.08. The van der Waals surface area contributed by atoms with Crippen LogP contribution in [0.1, 0.15) is 62.6 Å². The summed E-state index contributed by atoms with van der Waals surface area (Å²) in [7, 11) is 2.74. The SMILES string of the molecule is CNC(=O)O[C@H](C[C@@H](N[S@@+]([O-])C(C)(C)C)C(C)C)c1nc(C(=O)OC)cs1. The van der Waals surface area contributed by atoms with Crippen LogP contribution >= 0.6 is 11.3 Å². The van der Waals surface area contributed by atoms with E-state index in [0.29, 0.717) is 11.4 Å². The van der Waals surface area contributed by atoms with Crippen molar-refractivity contribution in [1.29, 1.82) is 0 Å². The van der Waals surface area contributed by atoms with Gasteiger partial charge < -0.3 is 19.3 Å². The van der Waals surface area contributed by atoms with Gasteiger partial charge in [0.1, 0.15) is 9.75 Å². The fraction of sp³-hybridized carbons (Fsp3) is 0.706. The molecule has 1 aromatic rings. The molecule has 1 amide bonds. The second-order valence-corrected chi connectivity index (χ2v) is 10.2. The molecule has 27 heavy (non-hydrogen) atoms. The summed E-state index contributed by atoms with van der Waals surface area (Å²) >= 11 is -0.0647. The van der Waals surface area contributed by atoms with Crippen LogP contribution in [0.25, 0.3) is 0 Å². The molecule has 0 unspecified atom stereocenters. The maximum Gasteiger partial charge on any atom is 0.407 e. The lowest BCUT2D eigenvalue weighted by Crippen LogP contribution is -2.47. The number of hydrogen-bond donors (Lipinski definition) is 2. The van der Waals surface area contributed by atoms with Gasteiger partial charge in [-0.25, -0.2) is 14.6 Å². The average molecular weight is 420 g/mol. The lowest BCUT2D eigenvalue weighted by Gasteiger charge is -2.31. The van der Waals surface area contributed by atoms with E-state index in [1.54, 1.807) is 5.38 Å². The Labute approximate surface area is 167 Å². The van der Waals surface area contributed by atoms with Crippen molar-refractivity contribution >= 4 is 34.8 Å². The van der Waals surface area contributed by atoms with E-state index >= 15 is 0 Å². The topological polar surface area (TPSA) is 113 Å². The molecule has 0 bridgehead atoms. The number of amides is 1. The minimum atomic E-state index is -1.28. The zero-order chi connectivity index (χ0) is 20.8. The van der Waals surface area contributed by atoms with Crippen molar-refractivity contribution in [3.05, 3.63) is 16.1 Å². The summed E-state index contributed by atoms with van der Waals surface area (Å²) in [6.45, 7) is 9.65. The molecule has 8 nitrogen and oxygen atoms in total. The Kier molecular flexibility index (Phi) is 9.00. The highest BCUT2D eigenvalue weighted by Crippen LogP contribution is 2.29. The van der Waals surface area contributed by atoms with Crippen LogP contribution in [0.2, 0.25) is 0 Å². The Morgan fingerprint density at radius 3 is 2.48 bits per heavy atom. The number of ether oxygens (including phenoxy) is 2. The van der Waals surface area contributed by atoms with Crippen molar-refractivity contribution in [3.63, 3.8) is 0 Å². The zero-order valence-corrected chi connectivity index (χ0v) is 18.5. The van der Waals surface area contributed by atoms with Crippen molar-refractivity contribution in [2.45, 2.75) is 57.9 Å². The first-order valence-electron chi connectivity index (χ1n) is 8.59. The quantitative estimate of drug-likeness (QED) is 0.492. The molecule has 0 fully saturated rings. The van der Waals surface area contributed by atoms with E-state index in [-0.39, 0.29) is 17.7 Å². The van der Waals surface area contributed by atoms with Crippen LogP contribution in [0, 0.1) is 5.92 Å². The summed E-state index contributed by atoms with van der Waals surface area (Å²) in [5.74, 6) is -0.421. The van der Waals surface area contributed by atoms with E-state index in [1.807, 2.05) is 34.6 Å². The monoisotopic (exact) mass is 419 g/mol.